The van der Waals surface area contributed by atoms with Gasteiger partial charge in [-0.3, -0.25) is 14.3 Å². The lowest BCUT2D eigenvalue weighted by atomic mass is 10.0. The number of aromatic nitrogens is 4. The maximum absolute atomic E-state index is 12.9. The van der Waals surface area contributed by atoms with Crippen LogP contribution in [0.15, 0.2) is 66.1 Å². The zero-order valence-corrected chi connectivity index (χ0v) is 20.8. The molecule has 2 aromatic heterocycles. The second-order valence-electron chi connectivity index (χ2n) is 8.12. The second-order valence-corrected chi connectivity index (χ2v) is 9.06. The fourth-order valence-electron chi connectivity index (χ4n) is 4.07. The molecule has 4 rings (SSSR count). The average Bonchev–Trinajstić information content (AvgIpc) is 3.28. The summed E-state index contributed by atoms with van der Waals surface area (Å²) in [6.07, 6.45) is 5.30. The van der Waals surface area contributed by atoms with E-state index >= 15 is 0 Å². The van der Waals surface area contributed by atoms with Crippen LogP contribution in [0.2, 0.25) is 0 Å². The van der Waals surface area contributed by atoms with E-state index < -0.39 is 0 Å². The fraction of sp³-hybridized carbons (Fsp3) is 0.259. The van der Waals surface area contributed by atoms with Gasteiger partial charge in [-0.15, -0.1) is 10.2 Å². The van der Waals surface area contributed by atoms with E-state index in [1.807, 2.05) is 44.2 Å². The SMILES string of the molecule is CCc1cccc(CC)c1-n1c(SCC(=O)Nc2c(C)cccc2C)nnc1-c1cccnc1. The highest BCUT2D eigenvalue weighted by Gasteiger charge is 2.21. The van der Waals surface area contributed by atoms with Crippen LogP contribution in [-0.4, -0.2) is 31.4 Å². The van der Waals surface area contributed by atoms with Crippen LogP contribution < -0.4 is 5.32 Å². The van der Waals surface area contributed by atoms with Crippen molar-refractivity contribution in [2.24, 2.45) is 0 Å². The molecule has 0 unspecified atom stereocenters. The number of pyridine rings is 1. The van der Waals surface area contributed by atoms with Gasteiger partial charge in [0.15, 0.2) is 11.0 Å². The molecule has 0 radical (unpaired) electrons. The lowest BCUT2D eigenvalue weighted by Crippen LogP contribution is -2.16. The molecule has 34 heavy (non-hydrogen) atoms. The van der Waals surface area contributed by atoms with Crippen LogP contribution in [0, 0.1) is 13.8 Å². The Balaban J connectivity index is 1.71. The topological polar surface area (TPSA) is 72.7 Å². The van der Waals surface area contributed by atoms with Gasteiger partial charge in [0.05, 0.1) is 11.4 Å². The number of rotatable bonds is 8. The first kappa shape index (κ1) is 23.7. The first-order valence-electron chi connectivity index (χ1n) is 11.5. The Morgan fingerprint density at radius 3 is 2.24 bits per heavy atom. The van der Waals surface area contributed by atoms with E-state index in [1.165, 1.54) is 22.9 Å². The predicted octanol–water partition coefficient (Wildman–Crippen LogP) is 5.80. The maximum atomic E-state index is 12.9. The summed E-state index contributed by atoms with van der Waals surface area (Å²) in [6.45, 7) is 8.30. The zero-order valence-electron chi connectivity index (χ0n) is 20.0. The third-order valence-electron chi connectivity index (χ3n) is 5.82. The second kappa shape index (κ2) is 10.7. The van der Waals surface area contributed by atoms with Crippen LogP contribution in [-0.2, 0) is 17.6 Å². The molecule has 0 aliphatic rings. The monoisotopic (exact) mass is 471 g/mol. The minimum atomic E-state index is -0.0700. The summed E-state index contributed by atoms with van der Waals surface area (Å²) < 4.78 is 2.09. The van der Waals surface area contributed by atoms with Gasteiger partial charge in [0, 0.05) is 23.6 Å². The van der Waals surface area contributed by atoms with Crippen LogP contribution in [0.4, 0.5) is 5.69 Å². The van der Waals surface area contributed by atoms with E-state index in [1.54, 1.807) is 12.4 Å². The van der Waals surface area contributed by atoms with Gasteiger partial charge in [-0.25, -0.2) is 0 Å². The van der Waals surface area contributed by atoms with Crippen LogP contribution in [0.3, 0.4) is 0 Å². The van der Waals surface area contributed by atoms with Gasteiger partial charge in [0.2, 0.25) is 5.91 Å². The lowest BCUT2D eigenvalue weighted by molar-refractivity contribution is -0.113. The first-order valence-corrected chi connectivity index (χ1v) is 12.5. The fourth-order valence-corrected chi connectivity index (χ4v) is 4.80. The predicted molar refractivity (Wildman–Crippen MR) is 139 cm³/mol. The summed E-state index contributed by atoms with van der Waals surface area (Å²) >= 11 is 1.39. The first-order chi connectivity index (χ1) is 16.5. The van der Waals surface area contributed by atoms with Crippen LogP contribution >= 0.6 is 11.8 Å². The Bertz CT molecular complexity index is 1260. The summed E-state index contributed by atoms with van der Waals surface area (Å²) in [4.78, 5) is 17.1. The van der Waals surface area contributed by atoms with Crippen molar-refractivity contribution in [1.29, 1.82) is 0 Å². The van der Waals surface area contributed by atoms with E-state index in [-0.39, 0.29) is 11.7 Å². The molecule has 2 heterocycles. The van der Waals surface area contributed by atoms with Crippen molar-refractivity contribution in [2.75, 3.05) is 11.1 Å². The van der Waals surface area contributed by atoms with Crippen molar-refractivity contribution in [3.63, 3.8) is 0 Å². The molecule has 0 saturated carbocycles. The van der Waals surface area contributed by atoms with Gasteiger partial charge in [0.25, 0.3) is 0 Å². The summed E-state index contributed by atoms with van der Waals surface area (Å²) in [5.74, 6) is 0.884. The molecule has 0 aliphatic carbocycles. The minimum Gasteiger partial charge on any atom is -0.325 e. The number of aryl methyl sites for hydroxylation is 4. The minimum absolute atomic E-state index is 0.0700. The number of hydrogen-bond acceptors (Lipinski definition) is 5. The third kappa shape index (κ3) is 4.89. The number of anilines is 1. The number of para-hydroxylation sites is 2. The third-order valence-corrected chi connectivity index (χ3v) is 6.75. The number of nitrogens with one attached hydrogen (secondary N) is 1. The number of amides is 1. The summed E-state index contributed by atoms with van der Waals surface area (Å²) in [7, 11) is 0. The van der Waals surface area contributed by atoms with Crippen LogP contribution in [0.25, 0.3) is 17.1 Å². The highest BCUT2D eigenvalue weighted by Crippen LogP contribution is 2.32. The average molecular weight is 472 g/mol. The molecule has 7 heteroatoms. The smallest absolute Gasteiger partial charge is 0.234 e. The molecule has 2 aromatic carbocycles. The number of benzene rings is 2. The maximum Gasteiger partial charge on any atom is 0.234 e. The molecule has 0 atom stereocenters. The van der Waals surface area contributed by atoms with Crippen molar-refractivity contribution >= 4 is 23.4 Å². The van der Waals surface area contributed by atoms with E-state index in [0.29, 0.717) is 5.16 Å². The molecule has 174 valence electrons. The normalized spacial score (nSPS) is 10.9. The molecule has 1 amide bonds. The van der Waals surface area contributed by atoms with E-state index in [9.17, 15) is 4.79 Å². The molecule has 0 fully saturated rings. The quantitative estimate of drug-likeness (QED) is 0.329. The number of hydrogen-bond donors (Lipinski definition) is 1. The van der Waals surface area contributed by atoms with Crippen LogP contribution in [0.5, 0.6) is 0 Å². The summed E-state index contributed by atoms with van der Waals surface area (Å²) in [5.41, 5.74) is 7.37. The van der Waals surface area contributed by atoms with E-state index in [4.69, 9.17) is 0 Å². The van der Waals surface area contributed by atoms with Gasteiger partial charge in [0.1, 0.15) is 0 Å². The number of carbonyl (C=O) groups excluding carboxylic acids is 1. The highest BCUT2D eigenvalue weighted by atomic mass is 32.2. The van der Waals surface area contributed by atoms with E-state index in [2.05, 4.69) is 57.1 Å². The van der Waals surface area contributed by atoms with Gasteiger partial charge in [-0.2, -0.15) is 0 Å². The van der Waals surface area contributed by atoms with Gasteiger partial charge in [-0.1, -0.05) is 62.0 Å². The van der Waals surface area contributed by atoms with E-state index in [0.717, 1.165) is 46.7 Å². The van der Waals surface area contributed by atoms with Gasteiger partial charge < -0.3 is 5.32 Å². The molecule has 1 N–H and O–H groups in total. The molecule has 0 saturated heterocycles. The Labute approximate surface area is 204 Å². The molecule has 0 aliphatic heterocycles. The lowest BCUT2D eigenvalue weighted by Gasteiger charge is -2.18. The van der Waals surface area contributed by atoms with Crippen molar-refractivity contribution in [2.45, 2.75) is 45.7 Å². The number of thioether (sulfide) groups is 1. The molecule has 0 spiro atoms. The Morgan fingerprint density at radius 2 is 1.62 bits per heavy atom. The van der Waals surface area contributed by atoms with Crippen LogP contribution in [0.1, 0.15) is 36.1 Å². The highest BCUT2D eigenvalue weighted by molar-refractivity contribution is 7.99. The molecular formula is C27H29N5OS. The summed E-state index contributed by atoms with van der Waals surface area (Å²) in [6, 6.07) is 16.3. The van der Waals surface area contributed by atoms with Gasteiger partial charge in [-0.05, 0) is 61.1 Å². The Kier molecular flexibility index (Phi) is 7.43. The number of carbonyl (C=O) groups is 1. The van der Waals surface area contributed by atoms with Crippen molar-refractivity contribution in [3.05, 3.63) is 83.2 Å². The molecule has 6 nitrogen and oxygen atoms in total. The Hall–Kier alpha value is -3.45. The van der Waals surface area contributed by atoms with Crippen molar-refractivity contribution in [3.8, 4) is 17.1 Å². The number of nitrogens with zero attached hydrogens (tertiary/aromatic N) is 4. The van der Waals surface area contributed by atoms with Crippen molar-refractivity contribution in [1.82, 2.24) is 19.7 Å². The molecule has 0 bridgehead atoms. The molecule has 4 aromatic rings. The van der Waals surface area contributed by atoms with Gasteiger partial charge >= 0.3 is 0 Å². The molecular weight excluding hydrogens is 442 g/mol. The Morgan fingerprint density at radius 1 is 0.941 bits per heavy atom. The largest absolute Gasteiger partial charge is 0.325 e. The standard InChI is InChI=1S/C27H29N5OS/c1-5-20-12-8-13-21(6-2)25(20)32-26(22-14-9-15-28-16-22)30-31-27(32)34-17-23(33)29-24-18(3)10-7-11-19(24)4/h7-16H,5-6,17H2,1-4H3,(H,29,33). The summed E-state index contributed by atoms with van der Waals surface area (Å²) in [5, 5.41) is 12.8. The zero-order chi connectivity index (χ0) is 24.1. The van der Waals surface area contributed by atoms with Crippen molar-refractivity contribution < 1.29 is 4.79 Å².